The number of nitrogens with zero attached hydrogens (tertiary/aromatic N) is 2. The van der Waals surface area contributed by atoms with E-state index >= 15 is 0 Å². The summed E-state index contributed by atoms with van der Waals surface area (Å²) in [6, 6.07) is 11.2. The lowest BCUT2D eigenvalue weighted by atomic mass is 10.3. The number of hydrogen-bond acceptors (Lipinski definition) is 7. The maximum Gasteiger partial charge on any atom is 0.345 e. The first-order chi connectivity index (χ1) is 11.8. The molecule has 1 heterocycles. The summed E-state index contributed by atoms with van der Waals surface area (Å²) in [5, 5.41) is 10.3. The minimum absolute atomic E-state index is 0.254. The van der Waals surface area contributed by atoms with Crippen LogP contribution in [-0.4, -0.2) is 34.1 Å². The molecule has 0 aliphatic carbocycles. The zero-order valence-corrected chi connectivity index (χ0v) is 15.2. The Morgan fingerprint density at radius 2 is 2.00 bits per heavy atom. The van der Waals surface area contributed by atoms with Crippen molar-refractivity contribution in [3.8, 4) is 11.8 Å². The number of rotatable bonds is 7. The number of anilines is 1. The van der Waals surface area contributed by atoms with Gasteiger partial charge in [0.25, 0.3) is 10.0 Å². The summed E-state index contributed by atoms with van der Waals surface area (Å²) in [6.07, 6.45) is -0.838. The number of benzene rings is 1. The third-order valence-electron chi connectivity index (χ3n) is 3.16. The Balaban J connectivity index is 2.00. The van der Waals surface area contributed by atoms with Crippen molar-refractivity contribution in [1.82, 2.24) is 0 Å². The van der Waals surface area contributed by atoms with Crippen LogP contribution in [0.15, 0.2) is 46.0 Å². The van der Waals surface area contributed by atoms with Gasteiger partial charge in [-0.2, -0.15) is 5.26 Å². The molecule has 1 unspecified atom stereocenters. The van der Waals surface area contributed by atoms with E-state index in [0.29, 0.717) is 11.4 Å². The number of carbonyl (C=O) groups is 1. The fourth-order valence-electron chi connectivity index (χ4n) is 1.84. The van der Waals surface area contributed by atoms with E-state index in [1.807, 2.05) is 0 Å². The number of esters is 1. The van der Waals surface area contributed by atoms with E-state index in [0.717, 1.165) is 11.3 Å². The van der Waals surface area contributed by atoms with E-state index in [9.17, 15) is 13.2 Å². The maximum atomic E-state index is 12.4. The van der Waals surface area contributed by atoms with Crippen molar-refractivity contribution in [2.45, 2.75) is 17.2 Å². The van der Waals surface area contributed by atoms with Crippen LogP contribution in [-0.2, 0) is 19.6 Å². The Kier molecular flexibility index (Phi) is 6.01. The molecule has 0 aliphatic heterocycles. The SMILES string of the molecule is CC(C#N)OC(=O)COc1ccc(N(C)S(=O)(=O)c2cccs2)cc1. The van der Waals surface area contributed by atoms with E-state index < -0.39 is 22.1 Å². The van der Waals surface area contributed by atoms with Gasteiger partial charge in [-0.3, -0.25) is 4.31 Å². The molecular formula is C16H16N2O5S2. The fourth-order valence-corrected chi connectivity index (χ4v) is 4.19. The van der Waals surface area contributed by atoms with Gasteiger partial charge in [0.05, 0.1) is 5.69 Å². The van der Waals surface area contributed by atoms with Crippen molar-refractivity contribution in [2.75, 3.05) is 18.0 Å². The van der Waals surface area contributed by atoms with E-state index in [-0.39, 0.29) is 10.8 Å². The Labute approximate surface area is 150 Å². The smallest absolute Gasteiger partial charge is 0.345 e. The molecule has 0 fully saturated rings. The largest absolute Gasteiger partial charge is 0.482 e. The van der Waals surface area contributed by atoms with E-state index in [2.05, 4.69) is 0 Å². The highest BCUT2D eigenvalue weighted by molar-refractivity contribution is 7.94. The Morgan fingerprint density at radius 3 is 2.56 bits per heavy atom. The molecule has 0 saturated heterocycles. The zero-order valence-electron chi connectivity index (χ0n) is 13.6. The third-order valence-corrected chi connectivity index (χ3v) is 6.32. The highest BCUT2D eigenvalue weighted by Crippen LogP contribution is 2.26. The number of thiophene rings is 1. The van der Waals surface area contributed by atoms with Gasteiger partial charge in [0.15, 0.2) is 12.7 Å². The molecule has 2 rings (SSSR count). The highest BCUT2D eigenvalue weighted by atomic mass is 32.2. The van der Waals surface area contributed by atoms with Crippen LogP contribution in [0.25, 0.3) is 0 Å². The molecule has 0 spiro atoms. The summed E-state index contributed by atoms with van der Waals surface area (Å²) < 4.78 is 36.3. The molecular weight excluding hydrogens is 364 g/mol. The van der Waals surface area contributed by atoms with Crippen LogP contribution in [0.2, 0.25) is 0 Å². The first-order valence-electron chi connectivity index (χ1n) is 7.19. The van der Waals surface area contributed by atoms with E-state index in [4.69, 9.17) is 14.7 Å². The predicted molar refractivity (Wildman–Crippen MR) is 93.0 cm³/mol. The third kappa shape index (κ3) is 4.71. The van der Waals surface area contributed by atoms with Gasteiger partial charge in [0.2, 0.25) is 0 Å². The minimum atomic E-state index is -3.60. The summed E-state index contributed by atoms with van der Waals surface area (Å²) in [5.41, 5.74) is 0.460. The second-order valence-electron chi connectivity index (χ2n) is 4.95. The molecule has 0 radical (unpaired) electrons. The zero-order chi connectivity index (χ0) is 18.4. The summed E-state index contributed by atoms with van der Waals surface area (Å²) in [5.74, 6) is -0.275. The molecule has 132 valence electrons. The molecule has 25 heavy (non-hydrogen) atoms. The molecule has 0 N–H and O–H groups in total. The van der Waals surface area contributed by atoms with Crippen LogP contribution in [0.1, 0.15) is 6.92 Å². The normalized spacial score (nSPS) is 12.0. The van der Waals surface area contributed by atoms with Crippen LogP contribution in [0.4, 0.5) is 5.69 Å². The average Bonchev–Trinajstić information content (AvgIpc) is 3.15. The van der Waals surface area contributed by atoms with Gasteiger partial charge in [-0.1, -0.05) is 6.07 Å². The lowest BCUT2D eigenvalue weighted by molar-refractivity contribution is -0.148. The van der Waals surface area contributed by atoms with Crippen LogP contribution in [0.5, 0.6) is 5.75 Å². The van der Waals surface area contributed by atoms with Gasteiger partial charge in [-0.25, -0.2) is 13.2 Å². The van der Waals surface area contributed by atoms with Gasteiger partial charge in [0, 0.05) is 7.05 Å². The maximum absolute atomic E-state index is 12.4. The Hall–Kier alpha value is -2.57. The van der Waals surface area contributed by atoms with Crippen molar-refractivity contribution in [1.29, 1.82) is 5.26 Å². The number of nitriles is 1. The lowest BCUT2D eigenvalue weighted by Crippen LogP contribution is -2.25. The van der Waals surface area contributed by atoms with Crippen molar-refractivity contribution in [3.63, 3.8) is 0 Å². The molecule has 9 heteroatoms. The Morgan fingerprint density at radius 1 is 1.32 bits per heavy atom. The topological polar surface area (TPSA) is 96.7 Å². The minimum Gasteiger partial charge on any atom is -0.482 e. The van der Waals surface area contributed by atoms with Crippen LogP contribution in [0.3, 0.4) is 0 Å². The van der Waals surface area contributed by atoms with Crippen LogP contribution >= 0.6 is 11.3 Å². The van der Waals surface area contributed by atoms with Crippen molar-refractivity contribution < 1.29 is 22.7 Å². The first-order valence-corrected chi connectivity index (χ1v) is 9.51. The monoisotopic (exact) mass is 380 g/mol. The summed E-state index contributed by atoms with van der Waals surface area (Å²) in [6.45, 7) is 1.12. The quantitative estimate of drug-likeness (QED) is 0.684. The average molecular weight is 380 g/mol. The number of hydrogen-bond donors (Lipinski definition) is 0. The molecule has 1 aromatic carbocycles. The molecule has 2 aromatic rings. The predicted octanol–water partition coefficient (Wildman–Crippen LogP) is 2.41. The van der Waals surface area contributed by atoms with Crippen LogP contribution in [0, 0.1) is 11.3 Å². The van der Waals surface area contributed by atoms with Gasteiger partial charge in [0.1, 0.15) is 16.0 Å². The molecule has 0 saturated carbocycles. The summed E-state index contributed by atoms with van der Waals surface area (Å²) >= 11 is 1.15. The molecule has 1 aromatic heterocycles. The number of sulfonamides is 1. The lowest BCUT2D eigenvalue weighted by Gasteiger charge is -2.18. The van der Waals surface area contributed by atoms with Crippen molar-refractivity contribution in [2.24, 2.45) is 0 Å². The summed E-state index contributed by atoms with van der Waals surface area (Å²) in [4.78, 5) is 11.4. The van der Waals surface area contributed by atoms with Gasteiger partial charge < -0.3 is 9.47 Å². The summed E-state index contributed by atoms with van der Waals surface area (Å²) in [7, 11) is -2.13. The molecule has 0 amide bonds. The first kappa shape index (κ1) is 18.8. The Bertz CT molecular complexity index is 855. The molecule has 0 aliphatic rings. The number of ether oxygens (including phenoxy) is 2. The highest BCUT2D eigenvalue weighted by Gasteiger charge is 2.22. The number of carbonyl (C=O) groups excluding carboxylic acids is 1. The van der Waals surface area contributed by atoms with Gasteiger partial charge in [-0.15, -0.1) is 11.3 Å². The van der Waals surface area contributed by atoms with Gasteiger partial charge in [-0.05, 0) is 42.6 Å². The molecule has 1 atom stereocenters. The van der Waals surface area contributed by atoms with Crippen molar-refractivity contribution in [3.05, 3.63) is 41.8 Å². The second-order valence-corrected chi connectivity index (χ2v) is 8.09. The van der Waals surface area contributed by atoms with Gasteiger partial charge >= 0.3 is 5.97 Å². The standard InChI is InChI=1S/C16H16N2O5S2/c1-12(10-17)23-15(19)11-22-14-7-5-13(6-8-14)18(2)25(20,21)16-4-3-9-24-16/h3-9,12H,11H2,1-2H3. The van der Waals surface area contributed by atoms with E-state index in [1.165, 1.54) is 18.3 Å². The van der Waals surface area contributed by atoms with E-state index in [1.54, 1.807) is 47.8 Å². The fraction of sp³-hybridized carbons (Fsp3) is 0.250. The van der Waals surface area contributed by atoms with Crippen molar-refractivity contribution >= 4 is 33.0 Å². The second kappa shape index (κ2) is 8.00. The molecule has 0 bridgehead atoms. The van der Waals surface area contributed by atoms with Crippen LogP contribution < -0.4 is 9.04 Å². The molecule has 7 nitrogen and oxygen atoms in total.